The summed E-state index contributed by atoms with van der Waals surface area (Å²) >= 11 is 0. The predicted octanol–water partition coefficient (Wildman–Crippen LogP) is -12.0. The number of hydrogen-bond acceptors (Lipinski definition) is 0. The van der Waals surface area contributed by atoms with Gasteiger partial charge in [0.1, 0.15) is 0 Å². The molecular weight excluding hydrogens is 208 g/mol. The van der Waals surface area contributed by atoms with Crippen molar-refractivity contribution in [3.8, 4) is 0 Å². The smallest absolute Gasteiger partial charge is 1.00 e. The Kier molecular flexibility index (Phi) is 116. The van der Waals surface area contributed by atoms with Gasteiger partial charge in [0.15, 0.2) is 0 Å². The Morgan fingerprint density at radius 3 is 0.750 bits per heavy atom. The van der Waals surface area contributed by atoms with Crippen molar-refractivity contribution in [2.24, 2.45) is 0 Å². The minimum atomic E-state index is 0. The normalized spacial score (nSPS) is 0. The molecule has 0 amide bonds. The molecule has 0 atom stereocenters. The summed E-state index contributed by atoms with van der Waals surface area (Å²) in [6.45, 7) is 0. The molecule has 0 aromatic rings. The van der Waals surface area contributed by atoms with Gasteiger partial charge in [0.05, 0.1) is 0 Å². The summed E-state index contributed by atoms with van der Waals surface area (Å²) < 4.78 is 0. The van der Waals surface area contributed by atoms with E-state index in [0.717, 1.165) is 0 Å². The van der Waals surface area contributed by atoms with E-state index in [1.54, 1.807) is 0 Å². The standard InChI is InChI=1S/ClH.HI.2Na/h2*1H;;/q;;2*+1/p-2. The molecule has 0 bridgehead atoms. The van der Waals surface area contributed by atoms with E-state index in [4.69, 9.17) is 0 Å². The molecule has 4 heavy (non-hydrogen) atoms. The molecule has 0 aliphatic heterocycles. The van der Waals surface area contributed by atoms with Crippen LogP contribution >= 0.6 is 0 Å². The summed E-state index contributed by atoms with van der Waals surface area (Å²) in [5.74, 6) is 0. The Hall–Kier alpha value is 3.02. The van der Waals surface area contributed by atoms with E-state index in [9.17, 15) is 0 Å². The molecule has 0 aliphatic rings. The van der Waals surface area contributed by atoms with Gasteiger partial charge in [0, 0.05) is 0 Å². The maximum absolute atomic E-state index is 0. The largest absolute Gasteiger partial charge is 1.00 e. The van der Waals surface area contributed by atoms with E-state index in [0.29, 0.717) is 0 Å². The fourth-order valence-electron chi connectivity index (χ4n) is 0. The first-order valence-corrected chi connectivity index (χ1v) is 0. The molecule has 0 fully saturated rings. The van der Waals surface area contributed by atoms with E-state index in [1.807, 2.05) is 0 Å². The monoisotopic (exact) mass is 208 g/mol. The molecule has 0 heterocycles. The first kappa shape index (κ1) is 27.9. The zero-order valence-electron chi connectivity index (χ0n) is 2.76. The predicted molar refractivity (Wildman–Crippen MR) is 0 cm³/mol. The molecule has 0 saturated carbocycles. The van der Waals surface area contributed by atoms with Crippen molar-refractivity contribution in [2.45, 2.75) is 0 Å². The second-order valence-corrected chi connectivity index (χ2v) is 0. The van der Waals surface area contributed by atoms with Gasteiger partial charge in [-0.05, 0) is 0 Å². The molecule has 4 heteroatoms. The Balaban J connectivity index is 0. The zero-order valence-corrected chi connectivity index (χ0v) is 9.67. The maximum atomic E-state index is 0. The van der Waals surface area contributed by atoms with Gasteiger partial charge < -0.3 is 36.4 Å². The number of halogens is 2. The molecule has 16 valence electrons. The van der Waals surface area contributed by atoms with E-state index < -0.39 is 0 Å². The molecule has 0 nitrogen and oxygen atoms in total. The van der Waals surface area contributed by atoms with E-state index in [2.05, 4.69) is 0 Å². The topological polar surface area (TPSA) is 0 Å². The van der Waals surface area contributed by atoms with Crippen molar-refractivity contribution in [2.75, 3.05) is 0 Å². The van der Waals surface area contributed by atoms with Gasteiger partial charge in [0.25, 0.3) is 0 Å². The summed E-state index contributed by atoms with van der Waals surface area (Å²) in [5.41, 5.74) is 0. The Bertz CT molecular complexity index is 6.00. The summed E-state index contributed by atoms with van der Waals surface area (Å²) in [5, 5.41) is 0. The third-order valence-electron chi connectivity index (χ3n) is 0. The molecule has 0 rings (SSSR count). The van der Waals surface area contributed by atoms with Crippen LogP contribution in [0.15, 0.2) is 0 Å². The molecule has 0 unspecified atom stereocenters. The van der Waals surface area contributed by atoms with Crippen LogP contribution in [0.4, 0.5) is 0 Å². The molecule has 0 aliphatic carbocycles. The molecule has 0 aromatic heterocycles. The SMILES string of the molecule is [Cl-].[I-].[Na+].[Na+]. The van der Waals surface area contributed by atoms with Crippen LogP contribution in [0.5, 0.6) is 0 Å². The summed E-state index contributed by atoms with van der Waals surface area (Å²) in [4.78, 5) is 0. The van der Waals surface area contributed by atoms with Crippen LogP contribution < -0.4 is 95.5 Å². The fraction of sp³-hybridized carbons (Fsp3) is 0. The number of hydrogen-bond donors (Lipinski definition) is 0. The average Bonchev–Trinajstić information content (AvgIpc) is 0. The van der Waals surface area contributed by atoms with E-state index in [-0.39, 0.29) is 95.5 Å². The second-order valence-electron chi connectivity index (χ2n) is 0. The van der Waals surface area contributed by atoms with Gasteiger partial charge in [-0.1, -0.05) is 0 Å². The first-order chi connectivity index (χ1) is 0. The van der Waals surface area contributed by atoms with Crippen LogP contribution in [0.1, 0.15) is 0 Å². The van der Waals surface area contributed by atoms with E-state index in [1.165, 1.54) is 0 Å². The summed E-state index contributed by atoms with van der Waals surface area (Å²) in [7, 11) is 0. The molecular formula is ClINa2. The third kappa shape index (κ3) is 8.89. The molecule has 0 N–H and O–H groups in total. The summed E-state index contributed by atoms with van der Waals surface area (Å²) in [6.07, 6.45) is 0. The van der Waals surface area contributed by atoms with Crippen LogP contribution in [0.25, 0.3) is 0 Å². The van der Waals surface area contributed by atoms with Crippen LogP contribution in [0.3, 0.4) is 0 Å². The molecule has 0 spiro atoms. The van der Waals surface area contributed by atoms with Crippen LogP contribution in [-0.2, 0) is 0 Å². The van der Waals surface area contributed by atoms with Crippen LogP contribution in [-0.4, -0.2) is 0 Å². The Morgan fingerprint density at radius 1 is 0.750 bits per heavy atom. The fourth-order valence-corrected chi connectivity index (χ4v) is 0. The minimum absolute atomic E-state index is 0. The van der Waals surface area contributed by atoms with Crippen molar-refractivity contribution < 1.29 is 95.5 Å². The van der Waals surface area contributed by atoms with E-state index >= 15 is 0 Å². The van der Waals surface area contributed by atoms with Crippen molar-refractivity contribution >= 4 is 0 Å². The summed E-state index contributed by atoms with van der Waals surface area (Å²) in [6, 6.07) is 0. The van der Waals surface area contributed by atoms with Gasteiger partial charge >= 0.3 is 59.1 Å². The third-order valence-corrected chi connectivity index (χ3v) is 0. The van der Waals surface area contributed by atoms with Gasteiger partial charge in [-0.2, -0.15) is 0 Å². The van der Waals surface area contributed by atoms with Gasteiger partial charge in [-0.25, -0.2) is 0 Å². The van der Waals surface area contributed by atoms with Crippen molar-refractivity contribution in [3.05, 3.63) is 0 Å². The maximum Gasteiger partial charge on any atom is 1.00 e. The number of rotatable bonds is 0. The molecule has 0 aromatic carbocycles. The Morgan fingerprint density at radius 2 is 0.750 bits per heavy atom. The molecule has 0 saturated heterocycles. The van der Waals surface area contributed by atoms with Gasteiger partial charge in [0.2, 0.25) is 0 Å². The first-order valence-electron chi connectivity index (χ1n) is 0. The van der Waals surface area contributed by atoms with Crippen LogP contribution in [0.2, 0.25) is 0 Å². The Labute approximate surface area is 93.5 Å². The van der Waals surface area contributed by atoms with Gasteiger partial charge in [-0.15, -0.1) is 0 Å². The van der Waals surface area contributed by atoms with Crippen LogP contribution in [0, 0.1) is 0 Å². The second kappa shape index (κ2) is 16.6. The van der Waals surface area contributed by atoms with Gasteiger partial charge in [-0.3, -0.25) is 0 Å². The van der Waals surface area contributed by atoms with Crippen molar-refractivity contribution in [3.63, 3.8) is 0 Å². The van der Waals surface area contributed by atoms with Crippen molar-refractivity contribution in [1.82, 2.24) is 0 Å². The zero-order chi connectivity index (χ0) is 0. The quantitative estimate of drug-likeness (QED) is 0.274. The minimum Gasteiger partial charge on any atom is -1.00 e. The van der Waals surface area contributed by atoms with Crippen molar-refractivity contribution in [1.29, 1.82) is 0 Å². The molecule has 0 radical (unpaired) electrons. The average molecular weight is 208 g/mol.